The Bertz CT molecular complexity index is 603. The van der Waals surface area contributed by atoms with Crippen LogP contribution in [0.5, 0.6) is 0 Å². The van der Waals surface area contributed by atoms with E-state index in [2.05, 4.69) is 41.9 Å². The molecule has 1 heterocycles. The standard InChI is InChI=1S/C21H34N4O2/c1-15(2)19(25-12-8-11-22-21(25)27)20(26)24-18(14-23-16(3)4)13-17-9-6-5-7-10-17/h5-7,9-10,15-16,18-19,23H,8,11-14H2,1-4H3,(H,22,27)(H,24,26)/t18-,19-/m0/s1. The van der Waals surface area contributed by atoms with Crippen LogP contribution in [0.2, 0.25) is 0 Å². The molecule has 0 radical (unpaired) electrons. The lowest BCUT2D eigenvalue weighted by Gasteiger charge is -2.37. The van der Waals surface area contributed by atoms with Gasteiger partial charge in [-0.2, -0.15) is 0 Å². The topological polar surface area (TPSA) is 73.5 Å². The number of urea groups is 1. The van der Waals surface area contributed by atoms with E-state index < -0.39 is 6.04 Å². The monoisotopic (exact) mass is 374 g/mol. The molecule has 1 saturated heterocycles. The van der Waals surface area contributed by atoms with Crippen molar-refractivity contribution in [2.24, 2.45) is 5.92 Å². The molecule has 6 heteroatoms. The van der Waals surface area contributed by atoms with E-state index in [0.29, 0.717) is 25.7 Å². The minimum atomic E-state index is -0.456. The summed E-state index contributed by atoms with van der Waals surface area (Å²) in [6, 6.07) is 9.88. The molecule has 2 atom stereocenters. The molecule has 1 fully saturated rings. The Kier molecular flexibility index (Phi) is 8.10. The summed E-state index contributed by atoms with van der Waals surface area (Å²) in [5.41, 5.74) is 1.19. The average Bonchev–Trinajstić information content (AvgIpc) is 2.62. The van der Waals surface area contributed by atoms with Gasteiger partial charge in [0.2, 0.25) is 5.91 Å². The summed E-state index contributed by atoms with van der Waals surface area (Å²) in [5.74, 6) is -0.0298. The first-order valence-corrected chi connectivity index (χ1v) is 10.0. The normalized spacial score (nSPS) is 17.0. The Balaban J connectivity index is 2.09. The molecular formula is C21H34N4O2. The summed E-state index contributed by atoms with van der Waals surface area (Å²) in [7, 11) is 0. The van der Waals surface area contributed by atoms with Gasteiger partial charge in [-0.1, -0.05) is 58.0 Å². The van der Waals surface area contributed by atoms with Gasteiger partial charge in [-0.25, -0.2) is 4.79 Å². The van der Waals surface area contributed by atoms with Crippen molar-refractivity contribution in [1.29, 1.82) is 0 Å². The van der Waals surface area contributed by atoms with E-state index in [-0.39, 0.29) is 23.9 Å². The Morgan fingerprint density at radius 1 is 1.19 bits per heavy atom. The first kappa shape index (κ1) is 21.2. The quantitative estimate of drug-likeness (QED) is 0.620. The third-order valence-electron chi connectivity index (χ3n) is 4.79. The van der Waals surface area contributed by atoms with E-state index in [9.17, 15) is 9.59 Å². The van der Waals surface area contributed by atoms with E-state index >= 15 is 0 Å². The van der Waals surface area contributed by atoms with Gasteiger partial charge in [-0.05, 0) is 24.3 Å². The minimum Gasteiger partial charge on any atom is -0.350 e. The zero-order valence-corrected chi connectivity index (χ0v) is 17.0. The van der Waals surface area contributed by atoms with E-state index in [1.807, 2.05) is 32.0 Å². The number of nitrogens with zero attached hydrogens (tertiary/aromatic N) is 1. The fraction of sp³-hybridized carbons (Fsp3) is 0.619. The Labute approximate surface area is 163 Å². The highest BCUT2D eigenvalue weighted by Crippen LogP contribution is 2.15. The van der Waals surface area contributed by atoms with E-state index in [1.54, 1.807) is 4.90 Å². The molecule has 0 unspecified atom stereocenters. The average molecular weight is 375 g/mol. The van der Waals surface area contributed by atoms with Gasteiger partial charge in [-0.3, -0.25) is 4.79 Å². The number of hydrogen-bond acceptors (Lipinski definition) is 3. The van der Waals surface area contributed by atoms with Gasteiger partial charge in [0, 0.05) is 31.7 Å². The summed E-state index contributed by atoms with van der Waals surface area (Å²) in [4.78, 5) is 27.1. The molecule has 6 nitrogen and oxygen atoms in total. The highest BCUT2D eigenvalue weighted by molar-refractivity contribution is 5.87. The first-order chi connectivity index (χ1) is 12.9. The number of carbonyl (C=O) groups excluding carboxylic acids is 2. The lowest BCUT2D eigenvalue weighted by atomic mass is 9.99. The van der Waals surface area contributed by atoms with Crippen LogP contribution in [0.1, 0.15) is 39.7 Å². The van der Waals surface area contributed by atoms with E-state index in [4.69, 9.17) is 0 Å². The molecule has 0 bridgehead atoms. The molecule has 0 aromatic heterocycles. The van der Waals surface area contributed by atoms with Crippen LogP contribution >= 0.6 is 0 Å². The van der Waals surface area contributed by atoms with Gasteiger partial charge < -0.3 is 20.9 Å². The minimum absolute atomic E-state index is 0.0311. The van der Waals surface area contributed by atoms with Gasteiger partial charge in [0.1, 0.15) is 6.04 Å². The molecule has 3 amide bonds. The molecule has 0 aliphatic carbocycles. The van der Waals surface area contributed by atoms with Crippen LogP contribution in [0.3, 0.4) is 0 Å². The van der Waals surface area contributed by atoms with Crippen LogP contribution in [0.25, 0.3) is 0 Å². The molecule has 0 spiro atoms. The smallest absolute Gasteiger partial charge is 0.318 e. The van der Waals surface area contributed by atoms with Gasteiger partial charge in [0.05, 0.1) is 0 Å². The van der Waals surface area contributed by atoms with E-state index in [1.165, 1.54) is 5.56 Å². The maximum atomic E-state index is 13.1. The van der Waals surface area contributed by atoms with Crippen LogP contribution in [-0.2, 0) is 11.2 Å². The van der Waals surface area contributed by atoms with Gasteiger partial charge in [0.25, 0.3) is 0 Å². The summed E-state index contributed by atoms with van der Waals surface area (Å²) in [6.07, 6.45) is 1.62. The maximum Gasteiger partial charge on any atom is 0.318 e. The second-order valence-corrected chi connectivity index (χ2v) is 7.93. The van der Waals surface area contributed by atoms with Crippen molar-refractivity contribution in [1.82, 2.24) is 20.9 Å². The molecule has 150 valence electrons. The summed E-state index contributed by atoms with van der Waals surface area (Å²) >= 11 is 0. The highest BCUT2D eigenvalue weighted by atomic mass is 16.2. The number of rotatable bonds is 9. The second kappa shape index (κ2) is 10.3. The van der Waals surface area contributed by atoms with Gasteiger partial charge >= 0.3 is 6.03 Å². The fourth-order valence-electron chi connectivity index (χ4n) is 3.45. The van der Waals surface area contributed by atoms with Crippen molar-refractivity contribution in [3.8, 4) is 0 Å². The number of nitrogens with one attached hydrogen (secondary N) is 3. The molecule has 1 aromatic carbocycles. The summed E-state index contributed by atoms with van der Waals surface area (Å²) in [5, 5.41) is 9.47. The zero-order chi connectivity index (χ0) is 19.8. The van der Waals surface area contributed by atoms with Crippen molar-refractivity contribution < 1.29 is 9.59 Å². The van der Waals surface area contributed by atoms with Crippen molar-refractivity contribution >= 4 is 11.9 Å². The van der Waals surface area contributed by atoms with Crippen LogP contribution in [0.15, 0.2) is 30.3 Å². The summed E-state index contributed by atoms with van der Waals surface area (Å²) < 4.78 is 0. The van der Waals surface area contributed by atoms with E-state index in [0.717, 1.165) is 12.8 Å². The third kappa shape index (κ3) is 6.54. The molecular weight excluding hydrogens is 340 g/mol. The molecule has 2 rings (SSSR count). The number of carbonyl (C=O) groups is 2. The highest BCUT2D eigenvalue weighted by Gasteiger charge is 2.34. The van der Waals surface area contributed by atoms with Gasteiger partial charge in [0.15, 0.2) is 0 Å². The zero-order valence-electron chi connectivity index (χ0n) is 17.0. The summed E-state index contributed by atoms with van der Waals surface area (Å²) in [6.45, 7) is 10.2. The van der Waals surface area contributed by atoms with Crippen molar-refractivity contribution in [3.05, 3.63) is 35.9 Å². The van der Waals surface area contributed by atoms with Gasteiger partial charge in [-0.15, -0.1) is 0 Å². The predicted octanol–water partition coefficient (Wildman–Crippen LogP) is 2.15. The number of hydrogen-bond donors (Lipinski definition) is 3. The predicted molar refractivity (Wildman–Crippen MR) is 109 cm³/mol. The largest absolute Gasteiger partial charge is 0.350 e. The Hall–Kier alpha value is -2.08. The number of benzene rings is 1. The molecule has 27 heavy (non-hydrogen) atoms. The Morgan fingerprint density at radius 3 is 2.48 bits per heavy atom. The van der Waals surface area contributed by atoms with Crippen molar-refractivity contribution in [2.45, 2.75) is 58.7 Å². The SMILES string of the molecule is CC(C)NC[C@H](Cc1ccccc1)NC(=O)[C@H](C(C)C)N1CCCNC1=O. The molecule has 1 aliphatic heterocycles. The second-order valence-electron chi connectivity index (χ2n) is 7.93. The first-order valence-electron chi connectivity index (χ1n) is 10.0. The van der Waals surface area contributed by atoms with Crippen LogP contribution in [-0.4, -0.2) is 54.6 Å². The van der Waals surface area contributed by atoms with Crippen LogP contribution in [0, 0.1) is 5.92 Å². The maximum absolute atomic E-state index is 13.1. The molecule has 1 aliphatic rings. The lowest BCUT2D eigenvalue weighted by Crippen LogP contribution is -2.60. The number of amides is 3. The lowest BCUT2D eigenvalue weighted by molar-refractivity contribution is -0.127. The van der Waals surface area contributed by atoms with Crippen LogP contribution < -0.4 is 16.0 Å². The molecule has 3 N–H and O–H groups in total. The van der Waals surface area contributed by atoms with Crippen molar-refractivity contribution in [2.75, 3.05) is 19.6 Å². The van der Waals surface area contributed by atoms with Crippen molar-refractivity contribution in [3.63, 3.8) is 0 Å². The molecule has 0 saturated carbocycles. The fourth-order valence-corrected chi connectivity index (χ4v) is 3.45. The third-order valence-corrected chi connectivity index (χ3v) is 4.79. The van der Waals surface area contributed by atoms with Crippen LogP contribution in [0.4, 0.5) is 4.79 Å². The molecule has 1 aromatic rings. The Morgan fingerprint density at radius 2 is 1.89 bits per heavy atom.